The van der Waals surface area contributed by atoms with Crippen molar-refractivity contribution in [3.05, 3.63) is 30.3 Å². The average Bonchev–Trinajstić information content (AvgIpc) is 2.78. The van der Waals surface area contributed by atoms with E-state index in [2.05, 4.69) is 15.2 Å². The third-order valence-corrected chi connectivity index (χ3v) is 5.32. The summed E-state index contributed by atoms with van der Waals surface area (Å²) in [4.78, 5) is 6.64. The normalized spacial score (nSPS) is 30.6. The third kappa shape index (κ3) is 4.50. The molecular formula is C19H27F3N4. The average molecular weight is 368 g/mol. The number of halogens is 3. The molecule has 3 unspecified atom stereocenters. The van der Waals surface area contributed by atoms with Gasteiger partial charge in [0.1, 0.15) is 6.04 Å². The van der Waals surface area contributed by atoms with Crippen LogP contribution in [0, 0.1) is 0 Å². The van der Waals surface area contributed by atoms with Crippen molar-refractivity contribution in [1.82, 2.24) is 5.32 Å². The topological polar surface area (TPSA) is 53.6 Å². The quantitative estimate of drug-likeness (QED) is 0.853. The Bertz CT molecular complexity index is 617. The lowest BCUT2D eigenvalue weighted by Gasteiger charge is -2.47. The summed E-state index contributed by atoms with van der Waals surface area (Å²) >= 11 is 0. The largest absolute Gasteiger partial charge is 0.403 e. The van der Waals surface area contributed by atoms with Gasteiger partial charge < -0.3 is 10.6 Å². The zero-order valence-electron chi connectivity index (χ0n) is 15.0. The molecule has 4 atom stereocenters. The Morgan fingerprint density at radius 1 is 1.23 bits per heavy atom. The van der Waals surface area contributed by atoms with E-state index < -0.39 is 18.4 Å². The molecule has 0 spiro atoms. The van der Waals surface area contributed by atoms with Crippen molar-refractivity contribution < 1.29 is 13.2 Å². The first-order chi connectivity index (χ1) is 12.3. The van der Waals surface area contributed by atoms with Gasteiger partial charge in [0.25, 0.3) is 0 Å². The molecule has 7 heteroatoms. The number of nitrogens with one attached hydrogen (secondary N) is 1. The van der Waals surface area contributed by atoms with Crippen LogP contribution in [0.1, 0.15) is 45.4 Å². The van der Waals surface area contributed by atoms with E-state index >= 15 is 0 Å². The molecule has 0 radical (unpaired) electrons. The molecule has 0 amide bonds. The molecule has 1 fully saturated rings. The van der Waals surface area contributed by atoms with Gasteiger partial charge in [-0.05, 0) is 44.7 Å². The highest BCUT2D eigenvalue weighted by atomic mass is 19.4. The number of alkyl halides is 3. The van der Waals surface area contributed by atoms with Crippen molar-refractivity contribution in [2.75, 3.05) is 4.90 Å². The van der Waals surface area contributed by atoms with Gasteiger partial charge in [0.2, 0.25) is 0 Å². The van der Waals surface area contributed by atoms with Gasteiger partial charge in [-0.1, -0.05) is 24.6 Å². The van der Waals surface area contributed by atoms with Crippen LogP contribution in [0.25, 0.3) is 0 Å². The fourth-order valence-corrected chi connectivity index (χ4v) is 4.15. The van der Waals surface area contributed by atoms with Crippen LogP contribution in [0.15, 0.2) is 35.3 Å². The van der Waals surface area contributed by atoms with Gasteiger partial charge >= 0.3 is 6.18 Å². The second-order valence-corrected chi connectivity index (χ2v) is 7.32. The second-order valence-electron chi connectivity index (χ2n) is 7.32. The summed E-state index contributed by atoms with van der Waals surface area (Å²) in [5.74, 6) is 0.633. The molecule has 3 rings (SSSR count). The fourth-order valence-electron chi connectivity index (χ4n) is 4.15. The zero-order valence-corrected chi connectivity index (χ0v) is 15.0. The standard InChI is InChI=1S/C19H27F3N4/c1-13-24-17(19(20,21)22)12-16(26(13)15-8-3-2-4-9-15)11-14-7-5-6-10-18(23)25-14/h2-4,8-9,13-14,16-17,24H,5-7,10-12H2,1H3,(H2,23,25)/t13-,14?,16?,17?/m1/s1. The molecule has 1 aromatic carbocycles. The summed E-state index contributed by atoms with van der Waals surface area (Å²) in [6.45, 7) is 1.79. The number of para-hydroxylation sites is 1. The Balaban J connectivity index is 1.85. The number of hydrogen-bond donors (Lipinski definition) is 2. The Hall–Kier alpha value is -1.76. The summed E-state index contributed by atoms with van der Waals surface area (Å²) in [5.41, 5.74) is 6.88. The molecule has 1 saturated heterocycles. The van der Waals surface area contributed by atoms with Crippen LogP contribution in [0.2, 0.25) is 0 Å². The summed E-state index contributed by atoms with van der Waals surface area (Å²) < 4.78 is 40.2. The monoisotopic (exact) mass is 368 g/mol. The molecule has 1 aromatic rings. The number of benzene rings is 1. The molecule has 26 heavy (non-hydrogen) atoms. The van der Waals surface area contributed by atoms with E-state index in [1.165, 1.54) is 0 Å². The van der Waals surface area contributed by atoms with Crippen LogP contribution in [0.4, 0.5) is 18.9 Å². The predicted octanol–water partition coefficient (Wildman–Crippen LogP) is 3.82. The van der Waals surface area contributed by atoms with E-state index in [9.17, 15) is 13.2 Å². The highest BCUT2D eigenvalue weighted by Crippen LogP contribution is 2.34. The van der Waals surface area contributed by atoms with Gasteiger partial charge in [-0.3, -0.25) is 10.3 Å². The summed E-state index contributed by atoms with van der Waals surface area (Å²) in [7, 11) is 0. The van der Waals surface area contributed by atoms with Crippen molar-refractivity contribution in [2.24, 2.45) is 10.7 Å². The maximum Gasteiger partial charge on any atom is 0.403 e. The molecule has 2 heterocycles. The van der Waals surface area contributed by atoms with Crippen LogP contribution in [0.3, 0.4) is 0 Å². The Kier molecular flexibility index (Phi) is 5.75. The van der Waals surface area contributed by atoms with Gasteiger partial charge in [0.15, 0.2) is 0 Å². The molecule has 3 N–H and O–H groups in total. The van der Waals surface area contributed by atoms with Crippen molar-refractivity contribution in [3.8, 4) is 0 Å². The number of nitrogens with zero attached hydrogens (tertiary/aromatic N) is 2. The molecule has 144 valence electrons. The van der Waals surface area contributed by atoms with E-state index in [0.29, 0.717) is 12.3 Å². The Labute approximate surface area is 152 Å². The lowest BCUT2D eigenvalue weighted by atomic mass is 9.92. The first-order valence-corrected chi connectivity index (χ1v) is 9.33. The molecule has 0 aliphatic carbocycles. The first-order valence-electron chi connectivity index (χ1n) is 9.33. The minimum Gasteiger partial charge on any atom is -0.387 e. The van der Waals surface area contributed by atoms with Crippen LogP contribution in [-0.2, 0) is 0 Å². The minimum absolute atomic E-state index is 0.00658. The number of rotatable bonds is 3. The van der Waals surface area contributed by atoms with Gasteiger partial charge in [0, 0.05) is 18.2 Å². The highest BCUT2D eigenvalue weighted by Gasteiger charge is 2.46. The molecule has 0 saturated carbocycles. The Morgan fingerprint density at radius 2 is 1.96 bits per heavy atom. The third-order valence-electron chi connectivity index (χ3n) is 5.32. The van der Waals surface area contributed by atoms with Crippen LogP contribution < -0.4 is 16.0 Å². The van der Waals surface area contributed by atoms with E-state index in [0.717, 1.165) is 31.4 Å². The SMILES string of the molecule is C[C@@H]1NC(C(F)(F)F)CC(CC2CCCCC(N)=N2)N1c1ccccc1. The second kappa shape index (κ2) is 7.86. The van der Waals surface area contributed by atoms with Crippen molar-refractivity contribution in [2.45, 2.75) is 75.9 Å². The summed E-state index contributed by atoms with van der Waals surface area (Å²) in [6.07, 6.45) is -0.352. The number of aliphatic imine (C=N–C) groups is 1. The van der Waals surface area contributed by atoms with Gasteiger partial charge in [-0.25, -0.2) is 0 Å². The molecule has 2 aliphatic heterocycles. The van der Waals surface area contributed by atoms with Gasteiger partial charge in [-0.15, -0.1) is 0 Å². The van der Waals surface area contributed by atoms with Crippen molar-refractivity contribution in [3.63, 3.8) is 0 Å². The van der Waals surface area contributed by atoms with Gasteiger partial charge in [-0.2, -0.15) is 13.2 Å². The first kappa shape index (κ1) is 19.0. The van der Waals surface area contributed by atoms with E-state index in [1.807, 2.05) is 30.3 Å². The number of hydrogen-bond acceptors (Lipinski definition) is 4. The summed E-state index contributed by atoms with van der Waals surface area (Å²) in [6, 6.07) is 7.90. The van der Waals surface area contributed by atoms with Crippen molar-refractivity contribution in [1.29, 1.82) is 0 Å². The van der Waals surface area contributed by atoms with E-state index in [4.69, 9.17) is 5.73 Å². The van der Waals surface area contributed by atoms with Crippen molar-refractivity contribution >= 4 is 11.5 Å². The maximum absolute atomic E-state index is 13.4. The number of amidine groups is 1. The fraction of sp³-hybridized carbons (Fsp3) is 0.632. The zero-order chi connectivity index (χ0) is 18.7. The van der Waals surface area contributed by atoms with E-state index in [1.54, 1.807) is 6.92 Å². The van der Waals surface area contributed by atoms with Crippen LogP contribution >= 0.6 is 0 Å². The maximum atomic E-state index is 13.4. The molecule has 0 bridgehead atoms. The lowest BCUT2D eigenvalue weighted by molar-refractivity contribution is -0.163. The lowest BCUT2D eigenvalue weighted by Crippen LogP contribution is -2.63. The predicted molar refractivity (Wildman–Crippen MR) is 98.3 cm³/mol. The Morgan fingerprint density at radius 3 is 2.65 bits per heavy atom. The molecule has 2 aliphatic rings. The smallest absolute Gasteiger partial charge is 0.387 e. The molecule has 0 aromatic heterocycles. The number of anilines is 1. The number of nitrogens with two attached hydrogens (primary N) is 1. The molecule has 4 nitrogen and oxygen atoms in total. The van der Waals surface area contributed by atoms with Gasteiger partial charge in [0.05, 0.1) is 18.0 Å². The van der Waals surface area contributed by atoms with Crippen LogP contribution in [-0.4, -0.2) is 36.3 Å². The molecular weight excluding hydrogens is 341 g/mol. The van der Waals surface area contributed by atoms with Crippen LogP contribution in [0.5, 0.6) is 0 Å². The summed E-state index contributed by atoms with van der Waals surface area (Å²) in [5, 5.41) is 2.73. The highest BCUT2D eigenvalue weighted by molar-refractivity contribution is 5.80. The van der Waals surface area contributed by atoms with E-state index in [-0.39, 0.29) is 18.5 Å². The minimum atomic E-state index is -4.25.